The summed E-state index contributed by atoms with van der Waals surface area (Å²) in [6, 6.07) is 35.1. The minimum Gasteiger partial charge on any atom is -0.251 e. The second-order valence-electron chi connectivity index (χ2n) is 22.4. The van der Waals surface area contributed by atoms with E-state index < -0.39 is 0 Å². The molecule has 0 aliphatic rings. The summed E-state index contributed by atoms with van der Waals surface area (Å²) in [5.74, 6) is 2.38. The summed E-state index contributed by atoms with van der Waals surface area (Å²) < 4.78 is 0. The van der Waals surface area contributed by atoms with Crippen molar-refractivity contribution in [2.75, 3.05) is 0 Å². The Morgan fingerprint density at radius 1 is 0.278 bits per heavy atom. The molecule has 6 heteroatoms. The number of pyridine rings is 2. The highest BCUT2D eigenvalue weighted by Crippen LogP contribution is 2.44. The summed E-state index contributed by atoms with van der Waals surface area (Å²) in [5.41, 5.74) is 23.5. The smallest absolute Gasteiger partial charge is 0.0849 e. The average Bonchev–Trinajstić information content (AvgIpc) is 3.33. The maximum absolute atomic E-state index is 5.47. The van der Waals surface area contributed by atoms with Crippen LogP contribution in [0.15, 0.2) is 117 Å². The van der Waals surface area contributed by atoms with Crippen molar-refractivity contribution < 1.29 is 0 Å². The standard InChI is InChI=1S/C66H84N6/c1-37(2)51-25-21-26-52(38(3)4)63(51)67-45(17)59-29-23-31-61(71-59)47(19)69-65-55(41(9)10)33-49(34-56(65)42(11)12)50-35-57(43(13)14)66(58(36-50)44(15)16)70-48(20)62-32-24-30-60(72-62)46(18)68-64-53(39(5)6)27-22-28-54(64)40(7)8/h21-44H,1-20H3. The largest absolute Gasteiger partial charge is 0.251 e. The number of aromatic nitrogens is 2. The molecule has 0 amide bonds. The van der Waals surface area contributed by atoms with Gasteiger partial charge < -0.3 is 0 Å². The molecule has 0 aliphatic heterocycles. The third-order valence-electron chi connectivity index (χ3n) is 13.9. The van der Waals surface area contributed by atoms with Gasteiger partial charge in [0.05, 0.1) is 68.4 Å². The highest BCUT2D eigenvalue weighted by atomic mass is 14.9. The normalized spacial score (nSPS) is 13.2. The maximum Gasteiger partial charge on any atom is 0.0849 e. The molecule has 0 saturated carbocycles. The Kier molecular flexibility index (Phi) is 18.1. The van der Waals surface area contributed by atoms with Crippen LogP contribution in [-0.2, 0) is 0 Å². The number of hydrogen-bond donors (Lipinski definition) is 0. The number of rotatable bonds is 17. The Morgan fingerprint density at radius 2 is 0.458 bits per heavy atom. The summed E-state index contributed by atoms with van der Waals surface area (Å²) in [7, 11) is 0. The number of hydrogen-bond acceptors (Lipinski definition) is 6. The van der Waals surface area contributed by atoms with Gasteiger partial charge in [-0.1, -0.05) is 159 Å². The molecule has 378 valence electrons. The molecule has 0 spiro atoms. The van der Waals surface area contributed by atoms with Gasteiger partial charge in [-0.05, 0) is 179 Å². The Hall–Kier alpha value is -6.14. The van der Waals surface area contributed by atoms with Gasteiger partial charge in [0, 0.05) is 0 Å². The van der Waals surface area contributed by atoms with Crippen LogP contribution in [0.3, 0.4) is 0 Å². The van der Waals surface area contributed by atoms with Crippen molar-refractivity contribution in [3.63, 3.8) is 0 Å². The van der Waals surface area contributed by atoms with Gasteiger partial charge in [0.2, 0.25) is 0 Å². The quantitative estimate of drug-likeness (QED) is 0.0854. The van der Waals surface area contributed by atoms with Crippen LogP contribution in [0.25, 0.3) is 11.1 Å². The second kappa shape index (κ2) is 23.6. The zero-order valence-corrected chi connectivity index (χ0v) is 47.5. The zero-order valence-electron chi connectivity index (χ0n) is 47.5. The molecular weight excluding hydrogens is 877 g/mol. The first-order valence-electron chi connectivity index (χ1n) is 26.8. The minimum absolute atomic E-state index is 0.235. The molecule has 0 aliphatic carbocycles. The molecule has 72 heavy (non-hydrogen) atoms. The van der Waals surface area contributed by atoms with E-state index >= 15 is 0 Å². The molecule has 0 saturated heterocycles. The predicted molar refractivity (Wildman–Crippen MR) is 313 cm³/mol. The van der Waals surface area contributed by atoms with Gasteiger partial charge in [-0.15, -0.1) is 0 Å². The van der Waals surface area contributed by atoms with Crippen molar-refractivity contribution in [2.45, 2.75) is 186 Å². The van der Waals surface area contributed by atoms with Crippen LogP contribution in [0.2, 0.25) is 0 Å². The highest BCUT2D eigenvalue weighted by molar-refractivity contribution is 6.04. The fraction of sp³-hybridized carbons (Fsp3) is 0.424. The van der Waals surface area contributed by atoms with Crippen molar-refractivity contribution >= 4 is 45.6 Å². The lowest BCUT2D eigenvalue weighted by molar-refractivity contribution is 0.831. The molecule has 6 nitrogen and oxygen atoms in total. The van der Waals surface area contributed by atoms with Gasteiger partial charge in [0.15, 0.2) is 0 Å². The molecule has 0 bridgehead atoms. The predicted octanol–water partition coefficient (Wildman–Crippen LogP) is 19.7. The first-order valence-corrected chi connectivity index (χ1v) is 26.8. The molecule has 0 radical (unpaired) electrons. The lowest BCUT2D eigenvalue weighted by atomic mass is 9.85. The first-order chi connectivity index (χ1) is 34.0. The van der Waals surface area contributed by atoms with Gasteiger partial charge in [-0.2, -0.15) is 0 Å². The number of para-hydroxylation sites is 2. The van der Waals surface area contributed by atoms with Gasteiger partial charge in [0.25, 0.3) is 0 Å². The number of benzene rings is 4. The number of aliphatic imine (C=N–C) groups is 4. The topological polar surface area (TPSA) is 75.2 Å². The van der Waals surface area contributed by atoms with Crippen molar-refractivity contribution in [3.8, 4) is 11.1 Å². The van der Waals surface area contributed by atoms with Crippen LogP contribution < -0.4 is 0 Å². The van der Waals surface area contributed by atoms with Gasteiger partial charge in [0.1, 0.15) is 0 Å². The van der Waals surface area contributed by atoms with Crippen molar-refractivity contribution in [2.24, 2.45) is 20.0 Å². The Morgan fingerprint density at radius 3 is 0.653 bits per heavy atom. The van der Waals surface area contributed by atoms with Crippen molar-refractivity contribution in [3.05, 3.63) is 164 Å². The SMILES string of the molecule is CC(=Nc1c(C(C)C)cccc1C(C)C)c1cccc(C(C)=Nc2c(C(C)C)cc(-c3cc(C(C)C)c(N=C(C)c4cccc(C(C)=Nc5c(C(C)C)cccc5C(C)C)n4)c(C(C)C)c3)cc2C(C)C)n1. The van der Waals surface area contributed by atoms with Crippen molar-refractivity contribution in [1.82, 2.24) is 9.97 Å². The van der Waals surface area contributed by atoms with E-state index in [2.05, 4.69) is 236 Å². The average molecular weight is 961 g/mol. The number of nitrogens with zero attached hydrogens (tertiary/aromatic N) is 6. The zero-order chi connectivity index (χ0) is 52.9. The van der Waals surface area contributed by atoms with Crippen LogP contribution in [0.4, 0.5) is 22.7 Å². The van der Waals surface area contributed by atoms with E-state index in [9.17, 15) is 0 Å². The van der Waals surface area contributed by atoms with Gasteiger partial charge >= 0.3 is 0 Å². The molecule has 0 unspecified atom stereocenters. The minimum atomic E-state index is 0.235. The third-order valence-corrected chi connectivity index (χ3v) is 13.9. The van der Waals surface area contributed by atoms with E-state index in [1.165, 1.54) is 55.6 Å². The van der Waals surface area contributed by atoms with Crippen LogP contribution >= 0.6 is 0 Å². The van der Waals surface area contributed by atoms with E-state index in [1.807, 2.05) is 0 Å². The van der Waals surface area contributed by atoms with Gasteiger partial charge in [-0.25, -0.2) is 9.97 Å². The monoisotopic (exact) mass is 961 g/mol. The summed E-state index contributed by atoms with van der Waals surface area (Å²) >= 11 is 0. The summed E-state index contributed by atoms with van der Waals surface area (Å²) in [6.45, 7) is 44.5. The highest BCUT2D eigenvalue weighted by Gasteiger charge is 2.23. The summed E-state index contributed by atoms with van der Waals surface area (Å²) in [5, 5.41) is 0. The second-order valence-corrected chi connectivity index (χ2v) is 22.4. The molecule has 2 aromatic heterocycles. The fourth-order valence-electron chi connectivity index (χ4n) is 9.57. The van der Waals surface area contributed by atoms with E-state index in [0.29, 0.717) is 23.7 Å². The van der Waals surface area contributed by atoms with E-state index in [4.69, 9.17) is 29.9 Å². The first kappa shape index (κ1) is 55.2. The Bertz CT molecular complexity index is 2710. The van der Waals surface area contributed by atoms with E-state index in [1.54, 1.807) is 0 Å². The molecule has 0 N–H and O–H groups in total. The van der Waals surface area contributed by atoms with E-state index in [-0.39, 0.29) is 23.7 Å². The molecule has 0 fully saturated rings. The van der Waals surface area contributed by atoms with Crippen molar-refractivity contribution in [1.29, 1.82) is 0 Å². The lowest BCUT2D eigenvalue weighted by Gasteiger charge is -2.23. The molecular formula is C66H84N6. The molecule has 0 atom stereocenters. The van der Waals surface area contributed by atoms with Gasteiger partial charge in [-0.3, -0.25) is 20.0 Å². The molecule has 6 rings (SSSR count). The van der Waals surface area contributed by atoms with E-state index in [0.717, 1.165) is 68.4 Å². The van der Waals surface area contributed by atoms with Crippen LogP contribution in [0.5, 0.6) is 0 Å². The third kappa shape index (κ3) is 12.5. The lowest BCUT2D eigenvalue weighted by Crippen LogP contribution is -2.07. The molecule has 4 aromatic carbocycles. The Labute approximate surface area is 434 Å². The van der Waals surface area contributed by atoms with Crippen LogP contribution in [0, 0.1) is 0 Å². The summed E-state index contributed by atoms with van der Waals surface area (Å²) in [6.07, 6.45) is 0. The maximum atomic E-state index is 5.47. The van der Waals surface area contributed by atoms with Crippen LogP contribution in [0.1, 0.15) is 253 Å². The Balaban J connectivity index is 1.41. The van der Waals surface area contributed by atoms with Crippen LogP contribution in [-0.4, -0.2) is 32.8 Å². The molecule has 2 heterocycles. The summed E-state index contributed by atoms with van der Waals surface area (Å²) in [4.78, 5) is 31.9. The molecule has 6 aromatic rings. The fourth-order valence-corrected chi connectivity index (χ4v) is 9.57.